The zero-order valence-electron chi connectivity index (χ0n) is 28.4. The van der Waals surface area contributed by atoms with E-state index in [4.69, 9.17) is 9.40 Å². The van der Waals surface area contributed by atoms with Crippen LogP contribution in [-0.2, 0) is 0 Å². The Labute approximate surface area is 307 Å². The normalized spacial score (nSPS) is 12.2. The van der Waals surface area contributed by atoms with E-state index in [1.54, 1.807) is 0 Å². The number of fused-ring (bicyclic) bond motifs is 14. The second-order valence-corrected chi connectivity index (χ2v) is 14.9. The zero-order chi connectivity index (χ0) is 34.6. The van der Waals surface area contributed by atoms with Crippen LogP contribution in [0, 0.1) is 0 Å². The molecule has 8 aromatic carbocycles. The number of nitrogens with zero attached hydrogens (tertiary/aromatic N) is 2. The van der Waals surface area contributed by atoms with E-state index in [2.05, 4.69) is 168 Å². The highest BCUT2D eigenvalue weighted by molar-refractivity contribution is 7.27. The Morgan fingerprint density at radius 2 is 1.11 bits per heavy atom. The van der Waals surface area contributed by atoms with Gasteiger partial charge in [0.25, 0.3) is 0 Å². The molecular weight excluding hydrogens is 665 g/mol. The van der Waals surface area contributed by atoms with Gasteiger partial charge in [-0.1, -0.05) is 133 Å². The molecule has 0 spiro atoms. The van der Waals surface area contributed by atoms with Gasteiger partial charge in [0.05, 0.1) is 22.1 Å². The van der Waals surface area contributed by atoms with Crippen LogP contribution >= 0.6 is 11.3 Å². The topological polar surface area (TPSA) is 31.0 Å². The molecular formula is C49H28N2OS. The second-order valence-electron chi connectivity index (χ2n) is 13.9. The van der Waals surface area contributed by atoms with Crippen LogP contribution in [0.15, 0.2) is 174 Å². The van der Waals surface area contributed by atoms with Crippen LogP contribution in [0.1, 0.15) is 0 Å². The average molecular weight is 693 g/mol. The molecule has 0 bridgehead atoms. The van der Waals surface area contributed by atoms with Gasteiger partial charge in [-0.15, -0.1) is 11.3 Å². The van der Waals surface area contributed by atoms with Crippen molar-refractivity contribution >= 4 is 96.8 Å². The molecule has 0 unspecified atom stereocenters. The summed E-state index contributed by atoms with van der Waals surface area (Å²) in [6, 6.07) is 60.9. The lowest BCUT2D eigenvalue weighted by molar-refractivity contribution is 0.668. The molecule has 0 radical (unpaired) electrons. The molecule has 0 aliphatic carbocycles. The summed E-state index contributed by atoms with van der Waals surface area (Å²) in [6.45, 7) is 0. The Kier molecular flexibility index (Phi) is 5.93. The smallest absolute Gasteiger partial charge is 0.142 e. The van der Waals surface area contributed by atoms with Gasteiger partial charge in [-0.25, -0.2) is 4.98 Å². The first kappa shape index (κ1) is 28.9. The van der Waals surface area contributed by atoms with Crippen LogP contribution in [0.5, 0.6) is 0 Å². The third-order valence-corrected chi connectivity index (χ3v) is 12.1. The molecule has 4 aromatic heterocycles. The van der Waals surface area contributed by atoms with Crippen LogP contribution in [0.4, 0.5) is 0 Å². The SMILES string of the molecule is c1ccc(-c2ccc3cc(-c4nc(-n5c6ccccc6c6c7sc8ccccc8c7c7ccccc7c65)cc5oc6ccccc6c45)ccc3c2)cc1. The maximum absolute atomic E-state index is 6.68. The second kappa shape index (κ2) is 10.9. The molecule has 0 saturated heterocycles. The number of rotatable bonds is 3. The molecule has 12 rings (SSSR count). The maximum Gasteiger partial charge on any atom is 0.142 e. The van der Waals surface area contributed by atoms with Crippen molar-refractivity contribution < 1.29 is 4.42 Å². The van der Waals surface area contributed by atoms with Gasteiger partial charge < -0.3 is 4.42 Å². The summed E-state index contributed by atoms with van der Waals surface area (Å²) in [4.78, 5) is 5.64. The fourth-order valence-electron chi connectivity index (χ4n) is 8.62. The summed E-state index contributed by atoms with van der Waals surface area (Å²) in [5.74, 6) is 0.836. The van der Waals surface area contributed by atoms with Gasteiger partial charge in [0.15, 0.2) is 0 Å². The van der Waals surface area contributed by atoms with E-state index in [9.17, 15) is 0 Å². The lowest BCUT2D eigenvalue weighted by Gasteiger charge is -2.13. The number of aromatic nitrogens is 2. The summed E-state index contributed by atoms with van der Waals surface area (Å²) >= 11 is 1.88. The van der Waals surface area contributed by atoms with Crippen molar-refractivity contribution in [2.45, 2.75) is 0 Å². The molecule has 0 aliphatic rings. The van der Waals surface area contributed by atoms with E-state index in [-0.39, 0.29) is 0 Å². The largest absolute Gasteiger partial charge is 0.456 e. The molecule has 12 aromatic rings. The summed E-state index contributed by atoms with van der Waals surface area (Å²) in [5.41, 5.74) is 8.36. The lowest BCUT2D eigenvalue weighted by Crippen LogP contribution is -2.00. The number of benzene rings is 8. The van der Waals surface area contributed by atoms with Gasteiger partial charge in [-0.2, -0.15) is 0 Å². The summed E-state index contributed by atoms with van der Waals surface area (Å²) in [5, 5.41) is 12.0. The van der Waals surface area contributed by atoms with Crippen LogP contribution in [0.2, 0.25) is 0 Å². The van der Waals surface area contributed by atoms with E-state index in [0.29, 0.717) is 0 Å². The van der Waals surface area contributed by atoms with Crippen molar-refractivity contribution in [3.05, 3.63) is 170 Å². The number of pyridine rings is 1. The van der Waals surface area contributed by atoms with E-state index < -0.39 is 0 Å². The highest BCUT2D eigenvalue weighted by Gasteiger charge is 2.24. The molecule has 246 valence electrons. The molecule has 0 N–H and O–H groups in total. The summed E-state index contributed by atoms with van der Waals surface area (Å²) < 4.78 is 11.7. The zero-order valence-corrected chi connectivity index (χ0v) is 29.2. The van der Waals surface area contributed by atoms with Crippen LogP contribution in [0.3, 0.4) is 0 Å². The molecule has 0 atom stereocenters. The highest BCUT2D eigenvalue weighted by Crippen LogP contribution is 2.48. The molecule has 3 nitrogen and oxygen atoms in total. The van der Waals surface area contributed by atoms with Gasteiger partial charge >= 0.3 is 0 Å². The summed E-state index contributed by atoms with van der Waals surface area (Å²) in [7, 11) is 0. The van der Waals surface area contributed by atoms with Gasteiger partial charge in [-0.3, -0.25) is 4.57 Å². The number of furan rings is 1. The van der Waals surface area contributed by atoms with E-state index >= 15 is 0 Å². The first-order chi connectivity index (χ1) is 26.3. The Hall–Kier alpha value is -6.75. The van der Waals surface area contributed by atoms with Crippen LogP contribution < -0.4 is 0 Å². The minimum atomic E-state index is 0.823. The van der Waals surface area contributed by atoms with Crippen LogP contribution in [0.25, 0.3) is 114 Å². The standard InChI is InChI=1S/C49H28N2OS/c1-2-12-29(13-3-1)30-22-23-32-27-33(25-24-31(32)26-30)47-45-37-17-7-10-20-40(37)52-41(45)28-43(50-47)51-39-19-9-6-16-36(39)46-48(51)35-15-5-4-14-34(35)44-38-18-8-11-21-42(38)53-49(44)46/h1-28H. The predicted octanol–water partition coefficient (Wildman–Crippen LogP) is 14.1. The van der Waals surface area contributed by atoms with Crippen molar-refractivity contribution in [3.8, 4) is 28.2 Å². The van der Waals surface area contributed by atoms with Crippen LogP contribution in [-0.4, -0.2) is 9.55 Å². The van der Waals surface area contributed by atoms with Gasteiger partial charge in [-0.05, 0) is 57.6 Å². The predicted molar refractivity (Wildman–Crippen MR) is 225 cm³/mol. The number of thiophene rings is 1. The van der Waals surface area contributed by atoms with Crippen molar-refractivity contribution in [3.63, 3.8) is 0 Å². The van der Waals surface area contributed by atoms with E-state index in [1.165, 1.54) is 69.1 Å². The lowest BCUT2D eigenvalue weighted by atomic mass is 9.98. The van der Waals surface area contributed by atoms with Crippen molar-refractivity contribution in [2.24, 2.45) is 0 Å². The third-order valence-electron chi connectivity index (χ3n) is 10.9. The van der Waals surface area contributed by atoms with E-state index in [0.717, 1.165) is 44.5 Å². The number of hydrogen-bond donors (Lipinski definition) is 0. The molecule has 4 heterocycles. The minimum absolute atomic E-state index is 0.823. The molecule has 0 fully saturated rings. The fraction of sp³-hybridized carbons (Fsp3) is 0. The number of hydrogen-bond acceptors (Lipinski definition) is 3. The Balaban J connectivity index is 1.19. The fourth-order valence-corrected chi connectivity index (χ4v) is 9.89. The Bertz CT molecular complexity index is 3460. The molecule has 0 aliphatic heterocycles. The Morgan fingerprint density at radius 3 is 1.96 bits per heavy atom. The van der Waals surface area contributed by atoms with Crippen molar-refractivity contribution in [1.29, 1.82) is 0 Å². The van der Waals surface area contributed by atoms with Gasteiger partial charge in [0, 0.05) is 53.3 Å². The monoisotopic (exact) mass is 692 g/mol. The maximum atomic E-state index is 6.68. The van der Waals surface area contributed by atoms with Gasteiger partial charge in [0.2, 0.25) is 0 Å². The third kappa shape index (κ3) is 4.12. The van der Waals surface area contributed by atoms with Crippen molar-refractivity contribution in [2.75, 3.05) is 0 Å². The minimum Gasteiger partial charge on any atom is -0.456 e. The summed E-state index contributed by atoms with van der Waals surface area (Å²) in [6.07, 6.45) is 0. The molecule has 0 amide bonds. The quantitative estimate of drug-likeness (QED) is 0.185. The first-order valence-corrected chi connectivity index (χ1v) is 18.8. The Morgan fingerprint density at radius 1 is 0.453 bits per heavy atom. The van der Waals surface area contributed by atoms with Crippen molar-refractivity contribution in [1.82, 2.24) is 9.55 Å². The molecule has 4 heteroatoms. The molecule has 53 heavy (non-hydrogen) atoms. The highest BCUT2D eigenvalue weighted by atomic mass is 32.1. The first-order valence-electron chi connectivity index (χ1n) is 18.0. The molecule has 0 saturated carbocycles. The average Bonchev–Trinajstić information content (AvgIpc) is 3.90. The number of para-hydroxylation sites is 2. The van der Waals surface area contributed by atoms with Gasteiger partial charge in [0.1, 0.15) is 17.0 Å². The van der Waals surface area contributed by atoms with E-state index in [1.807, 2.05) is 17.4 Å².